The summed E-state index contributed by atoms with van der Waals surface area (Å²) in [5.41, 5.74) is 4.93. The highest BCUT2D eigenvalue weighted by atomic mass is 16.3. The standard InChI is InChI=1S/C25H25N3O/c1-16-24(17-11-13-28(16)14-12-17)27-18-9-10-22(26-15-18)21-7-4-6-20-19-5-2-3-8-23(19)29-25(20)21/h2-10,15-17,24,27H,11-14H2,1H3/t16-,24-/m1/s1. The van der Waals surface area contributed by atoms with Gasteiger partial charge in [-0.25, -0.2) is 0 Å². The van der Waals surface area contributed by atoms with Gasteiger partial charge in [0.1, 0.15) is 11.2 Å². The quantitative estimate of drug-likeness (QED) is 0.504. The van der Waals surface area contributed by atoms with Crippen molar-refractivity contribution >= 4 is 27.6 Å². The van der Waals surface area contributed by atoms with Gasteiger partial charge in [-0.05, 0) is 63.0 Å². The zero-order valence-electron chi connectivity index (χ0n) is 16.6. The second-order valence-corrected chi connectivity index (χ2v) is 8.50. The van der Waals surface area contributed by atoms with Crippen molar-refractivity contribution < 1.29 is 4.42 Å². The summed E-state index contributed by atoms with van der Waals surface area (Å²) in [5.74, 6) is 0.777. The minimum Gasteiger partial charge on any atom is -0.455 e. The monoisotopic (exact) mass is 383 g/mol. The zero-order valence-corrected chi connectivity index (χ0v) is 16.6. The highest BCUT2D eigenvalue weighted by Gasteiger charge is 2.39. The Balaban J connectivity index is 1.32. The summed E-state index contributed by atoms with van der Waals surface area (Å²) < 4.78 is 6.18. The van der Waals surface area contributed by atoms with Gasteiger partial charge in [0.25, 0.3) is 0 Å². The summed E-state index contributed by atoms with van der Waals surface area (Å²) in [6.07, 6.45) is 4.59. The topological polar surface area (TPSA) is 41.3 Å². The van der Waals surface area contributed by atoms with Gasteiger partial charge in [-0.3, -0.25) is 9.88 Å². The van der Waals surface area contributed by atoms with Crippen LogP contribution in [0.15, 0.2) is 65.2 Å². The molecule has 2 aromatic carbocycles. The van der Waals surface area contributed by atoms with Crippen molar-refractivity contribution in [3.8, 4) is 11.3 Å². The highest BCUT2D eigenvalue weighted by Crippen LogP contribution is 2.36. The Morgan fingerprint density at radius 1 is 0.966 bits per heavy atom. The third kappa shape index (κ3) is 2.74. The fourth-order valence-corrected chi connectivity index (χ4v) is 5.33. The summed E-state index contributed by atoms with van der Waals surface area (Å²) >= 11 is 0. The van der Waals surface area contributed by atoms with Gasteiger partial charge in [-0.15, -0.1) is 0 Å². The van der Waals surface area contributed by atoms with Crippen LogP contribution in [0.4, 0.5) is 5.69 Å². The van der Waals surface area contributed by atoms with Crippen LogP contribution in [0.5, 0.6) is 0 Å². The normalized spacial score (nSPS) is 26.2. The van der Waals surface area contributed by atoms with Crippen LogP contribution in [-0.2, 0) is 0 Å². The molecule has 0 aliphatic carbocycles. The van der Waals surface area contributed by atoms with Crippen LogP contribution in [0.3, 0.4) is 0 Å². The second kappa shape index (κ2) is 6.60. The molecule has 3 aliphatic rings. The molecule has 0 saturated carbocycles. The van der Waals surface area contributed by atoms with Crippen LogP contribution in [0, 0.1) is 5.92 Å². The van der Waals surface area contributed by atoms with Gasteiger partial charge in [0.05, 0.1) is 17.6 Å². The molecule has 1 N–H and O–H groups in total. The number of furan rings is 1. The molecule has 0 unspecified atom stereocenters. The molecule has 146 valence electrons. The first-order valence-electron chi connectivity index (χ1n) is 10.7. The lowest BCUT2D eigenvalue weighted by molar-refractivity contribution is 0.0458. The van der Waals surface area contributed by atoms with Crippen molar-refractivity contribution in [1.29, 1.82) is 0 Å². The van der Waals surface area contributed by atoms with Crippen molar-refractivity contribution in [2.24, 2.45) is 5.92 Å². The lowest BCUT2D eigenvalue weighted by Gasteiger charge is -2.50. The lowest BCUT2D eigenvalue weighted by atomic mass is 9.79. The third-order valence-corrected chi connectivity index (χ3v) is 6.95. The molecule has 0 radical (unpaired) electrons. The van der Waals surface area contributed by atoms with Gasteiger partial charge < -0.3 is 9.73 Å². The number of nitrogens with one attached hydrogen (secondary N) is 1. The summed E-state index contributed by atoms with van der Waals surface area (Å²) in [4.78, 5) is 7.40. The summed E-state index contributed by atoms with van der Waals surface area (Å²) in [7, 11) is 0. The van der Waals surface area contributed by atoms with E-state index >= 15 is 0 Å². The predicted molar refractivity (Wildman–Crippen MR) is 118 cm³/mol. The molecule has 4 aromatic rings. The van der Waals surface area contributed by atoms with E-state index < -0.39 is 0 Å². The van der Waals surface area contributed by atoms with Crippen LogP contribution in [0.25, 0.3) is 33.2 Å². The molecular formula is C25H25N3O. The van der Waals surface area contributed by atoms with E-state index in [2.05, 4.69) is 59.6 Å². The molecule has 3 aliphatic heterocycles. The van der Waals surface area contributed by atoms with Crippen molar-refractivity contribution in [2.75, 3.05) is 18.4 Å². The van der Waals surface area contributed by atoms with E-state index in [9.17, 15) is 0 Å². The van der Waals surface area contributed by atoms with Crippen LogP contribution in [-0.4, -0.2) is 35.1 Å². The zero-order chi connectivity index (χ0) is 19.4. The van der Waals surface area contributed by atoms with Gasteiger partial charge >= 0.3 is 0 Å². The van der Waals surface area contributed by atoms with Gasteiger partial charge in [0.2, 0.25) is 0 Å². The predicted octanol–water partition coefficient (Wildman–Crippen LogP) is 5.54. The maximum atomic E-state index is 6.18. The molecule has 4 nitrogen and oxygen atoms in total. The number of nitrogens with zero attached hydrogens (tertiary/aromatic N) is 2. The Kier molecular flexibility index (Phi) is 3.88. The summed E-state index contributed by atoms with van der Waals surface area (Å²) in [6.45, 7) is 4.86. The molecule has 0 spiro atoms. The molecule has 2 bridgehead atoms. The van der Waals surface area contributed by atoms with Gasteiger partial charge in [0.15, 0.2) is 0 Å². The third-order valence-electron chi connectivity index (χ3n) is 6.95. The fourth-order valence-electron chi connectivity index (χ4n) is 5.33. The molecule has 7 rings (SSSR count). The fraction of sp³-hybridized carbons (Fsp3) is 0.320. The molecule has 2 aromatic heterocycles. The number of piperidine rings is 3. The Morgan fingerprint density at radius 2 is 1.79 bits per heavy atom. The van der Waals surface area contributed by atoms with E-state index in [1.165, 1.54) is 25.9 Å². The van der Waals surface area contributed by atoms with E-state index in [0.717, 1.165) is 44.8 Å². The second-order valence-electron chi connectivity index (χ2n) is 8.50. The molecule has 4 heteroatoms. The number of aromatic nitrogens is 1. The summed E-state index contributed by atoms with van der Waals surface area (Å²) in [6, 6.07) is 19.9. The van der Waals surface area contributed by atoms with Crippen molar-refractivity contribution in [1.82, 2.24) is 9.88 Å². The SMILES string of the molecule is C[C@@H]1[C@@H](Nc2ccc(-c3cccc4c3oc3ccccc34)nc2)C2CCN1CC2. The smallest absolute Gasteiger partial charge is 0.144 e. The lowest BCUT2D eigenvalue weighted by Crippen LogP contribution is -2.59. The number of para-hydroxylation sites is 2. The maximum absolute atomic E-state index is 6.18. The number of pyridine rings is 1. The van der Waals surface area contributed by atoms with E-state index in [-0.39, 0.29) is 0 Å². The Morgan fingerprint density at radius 3 is 2.59 bits per heavy atom. The van der Waals surface area contributed by atoms with Gasteiger partial charge in [0, 0.05) is 28.4 Å². The van der Waals surface area contributed by atoms with Crippen LogP contribution >= 0.6 is 0 Å². The average molecular weight is 383 g/mol. The molecular weight excluding hydrogens is 358 g/mol. The first-order valence-corrected chi connectivity index (χ1v) is 10.7. The number of hydrogen-bond donors (Lipinski definition) is 1. The average Bonchev–Trinajstić information content (AvgIpc) is 3.16. The van der Waals surface area contributed by atoms with E-state index in [0.29, 0.717) is 12.1 Å². The molecule has 3 saturated heterocycles. The maximum Gasteiger partial charge on any atom is 0.144 e. The Hall–Kier alpha value is -2.85. The molecule has 5 heterocycles. The molecule has 3 fully saturated rings. The van der Waals surface area contributed by atoms with Crippen molar-refractivity contribution in [3.63, 3.8) is 0 Å². The number of fused-ring (bicyclic) bond motifs is 6. The molecule has 2 atom stereocenters. The Labute approximate surface area is 170 Å². The largest absolute Gasteiger partial charge is 0.455 e. The van der Waals surface area contributed by atoms with Crippen LogP contribution < -0.4 is 5.32 Å². The van der Waals surface area contributed by atoms with Crippen LogP contribution in [0.2, 0.25) is 0 Å². The summed E-state index contributed by atoms with van der Waals surface area (Å²) in [5, 5.41) is 6.07. The number of hydrogen-bond acceptors (Lipinski definition) is 4. The van der Waals surface area contributed by atoms with E-state index in [1.54, 1.807) is 0 Å². The first-order chi connectivity index (χ1) is 14.3. The minimum atomic E-state index is 0.518. The van der Waals surface area contributed by atoms with Gasteiger partial charge in [-0.1, -0.05) is 30.3 Å². The number of anilines is 1. The first kappa shape index (κ1) is 17.0. The Bertz CT molecular complexity index is 1170. The highest BCUT2D eigenvalue weighted by molar-refractivity contribution is 6.09. The minimum absolute atomic E-state index is 0.518. The number of rotatable bonds is 3. The van der Waals surface area contributed by atoms with Crippen molar-refractivity contribution in [3.05, 3.63) is 60.8 Å². The van der Waals surface area contributed by atoms with E-state index in [1.807, 2.05) is 18.3 Å². The van der Waals surface area contributed by atoms with Crippen molar-refractivity contribution in [2.45, 2.75) is 31.8 Å². The van der Waals surface area contributed by atoms with Crippen LogP contribution in [0.1, 0.15) is 19.8 Å². The molecule has 0 amide bonds. The van der Waals surface area contributed by atoms with E-state index in [4.69, 9.17) is 9.40 Å². The number of benzene rings is 2. The molecule has 29 heavy (non-hydrogen) atoms. The van der Waals surface area contributed by atoms with Gasteiger partial charge in [-0.2, -0.15) is 0 Å².